The van der Waals surface area contributed by atoms with Crippen molar-refractivity contribution in [3.63, 3.8) is 0 Å². The van der Waals surface area contributed by atoms with E-state index in [9.17, 15) is 14.4 Å². The van der Waals surface area contributed by atoms with E-state index in [-0.39, 0.29) is 25.0 Å². The van der Waals surface area contributed by atoms with Crippen LogP contribution < -0.4 is 15.5 Å². The number of nitrogens with zero attached hydrogens (tertiary/aromatic N) is 1. The molecule has 1 unspecified atom stereocenters. The van der Waals surface area contributed by atoms with Crippen molar-refractivity contribution in [1.29, 1.82) is 0 Å². The van der Waals surface area contributed by atoms with Crippen molar-refractivity contribution in [3.05, 3.63) is 71.8 Å². The van der Waals surface area contributed by atoms with Crippen molar-refractivity contribution < 1.29 is 19.3 Å². The molecule has 0 bridgehead atoms. The van der Waals surface area contributed by atoms with Crippen LogP contribution in [0.25, 0.3) is 0 Å². The Morgan fingerprint density at radius 2 is 1.73 bits per heavy atom. The van der Waals surface area contributed by atoms with E-state index in [4.69, 9.17) is 0 Å². The maximum absolute atomic E-state index is 13.6. The van der Waals surface area contributed by atoms with E-state index in [0.717, 1.165) is 28.9 Å². The van der Waals surface area contributed by atoms with Crippen LogP contribution in [0.4, 0.5) is 4.79 Å². The maximum Gasteiger partial charge on any atom is 0.329 e. The van der Waals surface area contributed by atoms with Gasteiger partial charge in [0.05, 0.1) is 7.05 Å². The zero-order valence-electron chi connectivity index (χ0n) is 17.1. The van der Waals surface area contributed by atoms with Crippen molar-refractivity contribution >= 4 is 17.8 Å². The minimum atomic E-state index is -1.16. The van der Waals surface area contributed by atoms with Crippen molar-refractivity contribution in [2.75, 3.05) is 20.3 Å². The third kappa shape index (κ3) is 4.21. The molecule has 4 amide bonds. The second-order valence-electron chi connectivity index (χ2n) is 8.23. The fourth-order valence-corrected chi connectivity index (χ4v) is 3.92. The summed E-state index contributed by atoms with van der Waals surface area (Å²) in [5.74, 6) is -0.342. The molecule has 1 aliphatic carbocycles. The predicted molar refractivity (Wildman–Crippen MR) is 111 cm³/mol. The van der Waals surface area contributed by atoms with Crippen molar-refractivity contribution in [3.8, 4) is 0 Å². The summed E-state index contributed by atoms with van der Waals surface area (Å²) in [4.78, 5) is 40.5. The van der Waals surface area contributed by atoms with Gasteiger partial charge in [0.15, 0.2) is 18.8 Å². The van der Waals surface area contributed by atoms with Gasteiger partial charge in [-0.25, -0.2) is 9.69 Å². The van der Waals surface area contributed by atoms with Gasteiger partial charge in [0, 0.05) is 12.5 Å². The number of benzene rings is 2. The first-order chi connectivity index (χ1) is 14.5. The van der Waals surface area contributed by atoms with E-state index in [2.05, 4.69) is 10.6 Å². The molecule has 2 fully saturated rings. The summed E-state index contributed by atoms with van der Waals surface area (Å²) in [7, 11) is 1.81. The van der Waals surface area contributed by atoms with Gasteiger partial charge >= 0.3 is 6.03 Å². The molecule has 2 aromatic rings. The maximum atomic E-state index is 13.6. The summed E-state index contributed by atoms with van der Waals surface area (Å²) in [5, 5.41) is 5.90. The topological polar surface area (TPSA) is 82.9 Å². The standard InChI is InChI=1S/C23H26N4O3/c1-26(15-20(28)24-19-12-13-19)16-27-21(29)23(25-22(27)30,18-10-6-3-7-11-18)14-17-8-4-2-5-9-17/h2-11,19H,12-16H2,1H3,(H,24,28)(H,25,30)/p+1/t23-/m0/s1. The van der Waals surface area contributed by atoms with Gasteiger partial charge in [-0.2, -0.15) is 0 Å². The fraction of sp³-hybridized carbons (Fsp3) is 0.348. The van der Waals surface area contributed by atoms with Crippen LogP contribution in [-0.2, 0) is 21.5 Å². The van der Waals surface area contributed by atoms with Crippen LogP contribution >= 0.6 is 0 Å². The van der Waals surface area contributed by atoms with E-state index < -0.39 is 11.6 Å². The van der Waals surface area contributed by atoms with Gasteiger partial charge in [-0.15, -0.1) is 0 Å². The minimum Gasteiger partial charge on any atom is -0.348 e. The van der Waals surface area contributed by atoms with E-state index in [0.29, 0.717) is 12.5 Å². The first-order valence-electron chi connectivity index (χ1n) is 10.3. The lowest BCUT2D eigenvalue weighted by Crippen LogP contribution is -3.12. The van der Waals surface area contributed by atoms with Crippen LogP contribution in [0, 0.1) is 0 Å². The Hall–Kier alpha value is -3.19. The number of amides is 4. The molecule has 3 N–H and O–H groups in total. The normalized spacial score (nSPS) is 22.0. The monoisotopic (exact) mass is 407 g/mol. The number of nitrogens with one attached hydrogen (secondary N) is 3. The van der Waals surface area contributed by atoms with Gasteiger partial charge in [-0.3, -0.25) is 9.59 Å². The third-order valence-electron chi connectivity index (χ3n) is 5.59. The number of quaternary nitrogens is 1. The molecule has 0 spiro atoms. The molecule has 2 aliphatic rings. The molecule has 1 saturated heterocycles. The number of hydrogen-bond donors (Lipinski definition) is 3. The van der Waals surface area contributed by atoms with Crippen molar-refractivity contribution in [2.45, 2.75) is 30.8 Å². The molecular formula is C23H27N4O3+. The Morgan fingerprint density at radius 1 is 1.10 bits per heavy atom. The van der Waals surface area contributed by atoms with Gasteiger partial charge in [0.2, 0.25) is 0 Å². The molecule has 1 saturated carbocycles. The summed E-state index contributed by atoms with van der Waals surface area (Å²) in [5.41, 5.74) is 0.552. The summed E-state index contributed by atoms with van der Waals surface area (Å²) < 4.78 is 0. The Bertz CT molecular complexity index is 930. The number of likely N-dealkylation sites (N-methyl/N-ethyl adjacent to an activating group) is 1. The number of carbonyl (C=O) groups excluding carboxylic acids is 3. The van der Waals surface area contributed by atoms with E-state index in [1.165, 1.54) is 4.90 Å². The summed E-state index contributed by atoms with van der Waals surface area (Å²) in [6.07, 6.45) is 2.41. The van der Waals surface area contributed by atoms with E-state index in [1.54, 1.807) is 0 Å². The minimum absolute atomic E-state index is 0.0549. The van der Waals surface area contributed by atoms with E-state index in [1.807, 2.05) is 67.7 Å². The lowest BCUT2D eigenvalue weighted by molar-refractivity contribution is -0.879. The van der Waals surface area contributed by atoms with Gasteiger partial charge in [0.1, 0.15) is 0 Å². The van der Waals surface area contributed by atoms with Crippen molar-refractivity contribution in [1.82, 2.24) is 15.5 Å². The Morgan fingerprint density at radius 3 is 2.37 bits per heavy atom. The van der Waals surface area contributed by atoms with Gasteiger partial charge in [-0.1, -0.05) is 60.7 Å². The summed E-state index contributed by atoms with van der Waals surface area (Å²) >= 11 is 0. The Balaban J connectivity index is 1.55. The highest BCUT2D eigenvalue weighted by Crippen LogP contribution is 2.32. The molecule has 4 rings (SSSR count). The molecule has 1 heterocycles. The molecule has 30 heavy (non-hydrogen) atoms. The van der Waals surface area contributed by atoms with Crippen LogP contribution in [0.1, 0.15) is 24.0 Å². The quantitative estimate of drug-likeness (QED) is 0.555. The second-order valence-corrected chi connectivity index (χ2v) is 8.23. The second kappa shape index (κ2) is 8.28. The highest BCUT2D eigenvalue weighted by molar-refractivity contribution is 6.07. The number of carbonyl (C=O) groups is 3. The van der Waals surface area contributed by atoms with Crippen LogP contribution in [0.5, 0.6) is 0 Å². The molecule has 7 heteroatoms. The first-order valence-corrected chi connectivity index (χ1v) is 10.3. The number of rotatable bonds is 8. The lowest BCUT2D eigenvalue weighted by Gasteiger charge is -2.28. The summed E-state index contributed by atoms with van der Waals surface area (Å²) in [6.45, 7) is 0.344. The predicted octanol–water partition coefficient (Wildman–Crippen LogP) is 0.427. The number of urea groups is 1. The SMILES string of the molecule is C[NH+](CC(=O)NC1CC1)CN1C(=O)N[C@@](Cc2ccccc2)(c2ccccc2)C1=O. The highest BCUT2D eigenvalue weighted by atomic mass is 16.2. The smallest absolute Gasteiger partial charge is 0.329 e. The number of imide groups is 1. The lowest BCUT2D eigenvalue weighted by atomic mass is 9.83. The molecule has 0 aromatic heterocycles. The number of hydrogen-bond acceptors (Lipinski definition) is 3. The molecule has 1 aliphatic heterocycles. The van der Waals surface area contributed by atoms with Crippen LogP contribution in [0.2, 0.25) is 0 Å². The highest BCUT2D eigenvalue weighted by Gasteiger charge is 2.53. The summed E-state index contributed by atoms with van der Waals surface area (Å²) in [6, 6.07) is 18.9. The largest absolute Gasteiger partial charge is 0.348 e. The van der Waals surface area contributed by atoms with Crippen LogP contribution in [0.15, 0.2) is 60.7 Å². The van der Waals surface area contributed by atoms with Crippen LogP contribution in [0.3, 0.4) is 0 Å². The molecule has 2 aromatic carbocycles. The Kier molecular flexibility index (Phi) is 5.55. The van der Waals surface area contributed by atoms with Crippen molar-refractivity contribution in [2.24, 2.45) is 0 Å². The zero-order valence-corrected chi connectivity index (χ0v) is 17.1. The van der Waals surface area contributed by atoms with Crippen LogP contribution in [-0.4, -0.2) is 49.0 Å². The third-order valence-corrected chi connectivity index (χ3v) is 5.59. The first kappa shape index (κ1) is 20.1. The van der Waals surface area contributed by atoms with Gasteiger partial charge in [0.25, 0.3) is 11.8 Å². The molecule has 0 radical (unpaired) electrons. The molecule has 2 atom stereocenters. The van der Waals surface area contributed by atoms with Gasteiger partial charge < -0.3 is 15.5 Å². The average molecular weight is 407 g/mol. The molecular weight excluding hydrogens is 380 g/mol. The fourth-order valence-electron chi connectivity index (χ4n) is 3.92. The average Bonchev–Trinajstić information content (AvgIpc) is 3.52. The molecule has 7 nitrogen and oxygen atoms in total. The van der Waals surface area contributed by atoms with Gasteiger partial charge in [-0.05, 0) is 24.0 Å². The van der Waals surface area contributed by atoms with E-state index >= 15 is 0 Å². The Labute approximate surface area is 176 Å². The zero-order chi connectivity index (χ0) is 21.1. The molecule has 156 valence electrons.